The SMILES string of the molecule is CC(=O)NNc1ncn(-c2ccc(OC(C)=O)c(OC(C)=O)c2)c(=O)n1. The summed E-state index contributed by atoms with van der Waals surface area (Å²) < 4.78 is 11.0. The van der Waals surface area contributed by atoms with Gasteiger partial charge in [-0.05, 0) is 12.1 Å². The van der Waals surface area contributed by atoms with Crippen LogP contribution in [0.25, 0.3) is 5.69 Å². The van der Waals surface area contributed by atoms with Crippen molar-refractivity contribution in [3.63, 3.8) is 0 Å². The van der Waals surface area contributed by atoms with Gasteiger partial charge in [0.05, 0.1) is 5.69 Å². The molecule has 136 valence electrons. The minimum Gasteiger partial charge on any atom is -0.423 e. The highest BCUT2D eigenvalue weighted by molar-refractivity contribution is 5.74. The quantitative estimate of drug-likeness (QED) is 0.425. The Morgan fingerprint density at radius 1 is 1.04 bits per heavy atom. The van der Waals surface area contributed by atoms with Crippen molar-refractivity contribution in [2.75, 3.05) is 5.43 Å². The first-order chi connectivity index (χ1) is 12.3. The second kappa shape index (κ2) is 7.88. The average Bonchev–Trinajstić information content (AvgIpc) is 2.54. The molecule has 1 heterocycles. The number of hydrogen-bond donors (Lipinski definition) is 2. The lowest BCUT2D eigenvalue weighted by Gasteiger charge is -2.11. The number of hydrogen-bond acceptors (Lipinski definition) is 9. The molecule has 0 radical (unpaired) electrons. The number of amides is 1. The summed E-state index contributed by atoms with van der Waals surface area (Å²) in [4.78, 5) is 52.9. The van der Waals surface area contributed by atoms with E-state index < -0.39 is 17.6 Å². The lowest BCUT2D eigenvalue weighted by atomic mass is 10.2. The van der Waals surface area contributed by atoms with Gasteiger partial charge in [-0.1, -0.05) is 0 Å². The summed E-state index contributed by atoms with van der Waals surface area (Å²) in [7, 11) is 0. The third-order valence-electron chi connectivity index (χ3n) is 2.77. The Morgan fingerprint density at radius 3 is 2.27 bits per heavy atom. The van der Waals surface area contributed by atoms with Crippen molar-refractivity contribution in [1.29, 1.82) is 0 Å². The van der Waals surface area contributed by atoms with Gasteiger partial charge in [-0.2, -0.15) is 4.98 Å². The lowest BCUT2D eigenvalue weighted by molar-refractivity contribution is -0.134. The highest BCUT2D eigenvalue weighted by Crippen LogP contribution is 2.29. The molecule has 11 heteroatoms. The fourth-order valence-electron chi connectivity index (χ4n) is 1.84. The molecule has 2 rings (SSSR count). The van der Waals surface area contributed by atoms with Gasteiger partial charge in [-0.3, -0.25) is 29.8 Å². The number of aromatic nitrogens is 3. The van der Waals surface area contributed by atoms with Crippen LogP contribution >= 0.6 is 0 Å². The number of benzene rings is 1. The first kappa shape index (κ1) is 18.6. The van der Waals surface area contributed by atoms with Crippen LogP contribution in [0.5, 0.6) is 11.5 Å². The van der Waals surface area contributed by atoms with E-state index in [9.17, 15) is 19.2 Å². The van der Waals surface area contributed by atoms with Crippen molar-refractivity contribution in [3.05, 3.63) is 35.0 Å². The smallest absolute Gasteiger partial charge is 0.356 e. The van der Waals surface area contributed by atoms with E-state index in [4.69, 9.17) is 9.47 Å². The third-order valence-corrected chi connectivity index (χ3v) is 2.77. The molecule has 0 aliphatic heterocycles. The predicted octanol–water partition coefficient (Wildman–Crippen LogP) is -0.0589. The number of rotatable bonds is 5. The highest BCUT2D eigenvalue weighted by Gasteiger charge is 2.13. The molecule has 1 aromatic carbocycles. The number of nitrogens with one attached hydrogen (secondary N) is 2. The normalized spacial score (nSPS) is 9.96. The van der Waals surface area contributed by atoms with Gasteiger partial charge in [0, 0.05) is 26.8 Å². The molecule has 0 fully saturated rings. The van der Waals surface area contributed by atoms with Crippen molar-refractivity contribution in [2.45, 2.75) is 20.8 Å². The van der Waals surface area contributed by atoms with Gasteiger partial charge in [0.2, 0.25) is 11.9 Å². The molecule has 2 N–H and O–H groups in total. The maximum absolute atomic E-state index is 12.1. The Balaban J connectivity index is 2.38. The number of esters is 2. The number of carbonyl (C=O) groups is 3. The molecular weight excluding hydrogens is 346 g/mol. The van der Waals surface area contributed by atoms with Crippen LogP contribution in [0.1, 0.15) is 20.8 Å². The summed E-state index contributed by atoms with van der Waals surface area (Å²) in [5.41, 5.74) is 4.17. The van der Waals surface area contributed by atoms with E-state index in [0.717, 1.165) is 10.9 Å². The van der Waals surface area contributed by atoms with Crippen molar-refractivity contribution >= 4 is 23.8 Å². The minimum absolute atomic E-state index is 0.0226. The molecule has 0 unspecified atom stereocenters. The zero-order valence-corrected chi connectivity index (χ0v) is 14.1. The predicted molar refractivity (Wildman–Crippen MR) is 87.7 cm³/mol. The molecule has 0 saturated carbocycles. The molecule has 0 aliphatic rings. The molecule has 0 spiro atoms. The Labute approximate surface area is 146 Å². The fraction of sp³-hybridized carbons (Fsp3) is 0.200. The Kier molecular flexibility index (Phi) is 5.63. The van der Waals surface area contributed by atoms with Crippen LogP contribution in [0, 0.1) is 0 Å². The van der Waals surface area contributed by atoms with Crippen LogP contribution in [-0.2, 0) is 14.4 Å². The van der Waals surface area contributed by atoms with E-state index in [2.05, 4.69) is 20.8 Å². The summed E-state index contributed by atoms with van der Waals surface area (Å²) in [5.74, 6) is -1.73. The van der Waals surface area contributed by atoms with Gasteiger partial charge in [-0.25, -0.2) is 9.78 Å². The van der Waals surface area contributed by atoms with E-state index >= 15 is 0 Å². The summed E-state index contributed by atoms with van der Waals surface area (Å²) in [6, 6.07) is 4.15. The summed E-state index contributed by atoms with van der Waals surface area (Å²) in [5, 5.41) is 0. The average molecular weight is 361 g/mol. The molecule has 0 bridgehead atoms. The maximum Gasteiger partial charge on any atom is 0.356 e. The summed E-state index contributed by atoms with van der Waals surface area (Å²) in [6.07, 6.45) is 1.16. The van der Waals surface area contributed by atoms with E-state index in [0.29, 0.717) is 0 Å². The number of nitrogens with zero attached hydrogens (tertiary/aromatic N) is 3. The highest BCUT2D eigenvalue weighted by atomic mass is 16.6. The van der Waals surface area contributed by atoms with E-state index in [1.165, 1.54) is 39.0 Å². The Hall–Kier alpha value is -3.76. The zero-order chi connectivity index (χ0) is 19.3. The Bertz CT molecular complexity index is 923. The number of ether oxygens (including phenoxy) is 2. The second-order valence-electron chi connectivity index (χ2n) is 4.96. The first-order valence-corrected chi connectivity index (χ1v) is 7.26. The number of anilines is 1. The Morgan fingerprint density at radius 2 is 1.69 bits per heavy atom. The van der Waals surface area contributed by atoms with Crippen LogP contribution in [0.3, 0.4) is 0 Å². The number of carbonyl (C=O) groups excluding carboxylic acids is 3. The van der Waals surface area contributed by atoms with Gasteiger partial charge < -0.3 is 9.47 Å². The van der Waals surface area contributed by atoms with Crippen LogP contribution in [0.4, 0.5) is 5.95 Å². The van der Waals surface area contributed by atoms with E-state index in [-0.39, 0.29) is 29.0 Å². The zero-order valence-electron chi connectivity index (χ0n) is 14.1. The van der Waals surface area contributed by atoms with Crippen LogP contribution in [0.2, 0.25) is 0 Å². The first-order valence-electron chi connectivity index (χ1n) is 7.26. The largest absolute Gasteiger partial charge is 0.423 e. The molecule has 1 aromatic heterocycles. The molecular formula is C15H15N5O6. The molecule has 0 atom stereocenters. The fourth-order valence-corrected chi connectivity index (χ4v) is 1.84. The third kappa shape index (κ3) is 4.87. The summed E-state index contributed by atoms with van der Waals surface area (Å²) >= 11 is 0. The van der Waals surface area contributed by atoms with Gasteiger partial charge >= 0.3 is 17.6 Å². The minimum atomic E-state index is -0.707. The molecule has 1 amide bonds. The maximum atomic E-state index is 12.1. The van der Waals surface area contributed by atoms with Gasteiger partial charge in [0.1, 0.15) is 6.33 Å². The van der Waals surface area contributed by atoms with Crippen molar-refractivity contribution in [2.24, 2.45) is 0 Å². The molecule has 26 heavy (non-hydrogen) atoms. The van der Waals surface area contributed by atoms with Crippen molar-refractivity contribution in [3.8, 4) is 17.2 Å². The molecule has 0 aliphatic carbocycles. The van der Waals surface area contributed by atoms with Gasteiger partial charge in [-0.15, -0.1) is 0 Å². The topological polar surface area (TPSA) is 142 Å². The molecule has 2 aromatic rings. The van der Waals surface area contributed by atoms with Crippen molar-refractivity contribution < 1.29 is 23.9 Å². The van der Waals surface area contributed by atoms with Crippen molar-refractivity contribution in [1.82, 2.24) is 20.0 Å². The van der Waals surface area contributed by atoms with Crippen LogP contribution in [-0.4, -0.2) is 32.4 Å². The van der Waals surface area contributed by atoms with E-state index in [1.807, 2.05) is 0 Å². The van der Waals surface area contributed by atoms with Gasteiger partial charge in [0.25, 0.3) is 0 Å². The second-order valence-corrected chi connectivity index (χ2v) is 4.96. The van der Waals surface area contributed by atoms with Crippen LogP contribution in [0.15, 0.2) is 29.3 Å². The van der Waals surface area contributed by atoms with E-state index in [1.54, 1.807) is 0 Å². The lowest BCUT2D eigenvalue weighted by Crippen LogP contribution is -2.31. The van der Waals surface area contributed by atoms with Gasteiger partial charge in [0.15, 0.2) is 11.5 Å². The number of hydrazine groups is 1. The monoisotopic (exact) mass is 361 g/mol. The summed E-state index contributed by atoms with van der Waals surface area (Å²) in [6.45, 7) is 3.65. The molecule has 11 nitrogen and oxygen atoms in total. The molecule has 0 saturated heterocycles. The van der Waals surface area contributed by atoms with Crippen LogP contribution < -0.4 is 26.0 Å². The standard InChI is InChI=1S/C15H15N5O6/c1-8(21)18-19-14-16-7-20(15(24)17-14)11-4-5-12(25-9(2)22)13(6-11)26-10(3)23/h4-7H,1-3H3,(H,18,21)(H,17,19,24).